The summed E-state index contributed by atoms with van der Waals surface area (Å²) in [5, 5.41) is 12.6. The number of ether oxygens (including phenoxy) is 1. The first-order valence-electron chi connectivity index (χ1n) is 8.89. The Kier molecular flexibility index (Phi) is 7.37. The molecule has 1 unspecified atom stereocenters. The second kappa shape index (κ2) is 9.73. The lowest BCUT2D eigenvalue weighted by Gasteiger charge is -2.21. The van der Waals surface area contributed by atoms with Crippen molar-refractivity contribution >= 4 is 11.9 Å². The lowest BCUT2D eigenvalue weighted by Crippen LogP contribution is -2.28. The molecule has 0 aliphatic heterocycles. The lowest BCUT2D eigenvalue weighted by molar-refractivity contribution is -0.130. The fraction of sp³-hybridized carbons (Fsp3) is 0.333. The van der Waals surface area contributed by atoms with Crippen LogP contribution in [0.2, 0.25) is 0 Å². The minimum atomic E-state index is -0.937. The number of amides is 1. The molecule has 2 N–H and O–H groups in total. The first-order valence-corrected chi connectivity index (χ1v) is 8.89. The molecule has 0 aliphatic rings. The van der Waals surface area contributed by atoms with Crippen molar-refractivity contribution in [3.63, 3.8) is 0 Å². The molecule has 0 saturated carbocycles. The van der Waals surface area contributed by atoms with Crippen LogP contribution in [0.1, 0.15) is 40.9 Å². The molecular weight excluding hydrogens is 344 g/mol. The van der Waals surface area contributed by atoms with Crippen LogP contribution in [0.5, 0.6) is 5.75 Å². The van der Waals surface area contributed by atoms with Crippen molar-refractivity contribution in [3.8, 4) is 5.75 Å². The molecule has 1 atom stereocenters. The van der Waals surface area contributed by atoms with Gasteiger partial charge < -0.3 is 20.1 Å². The third kappa shape index (κ3) is 5.82. The molecule has 2 aromatic rings. The first-order chi connectivity index (χ1) is 12.9. The Balaban J connectivity index is 2.09. The second-order valence-electron chi connectivity index (χ2n) is 6.46. The molecule has 0 saturated heterocycles. The highest BCUT2D eigenvalue weighted by Gasteiger charge is 2.15. The number of hydrogen-bond donors (Lipinski definition) is 2. The van der Waals surface area contributed by atoms with Gasteiger partial charge in [-0.3, -0.25) is 4.79 Å². The van der Waals surface area contributed by atoms with E-state index in [0.29, 0.717) is 12.3 Å². The highest BCUT2D eigenvalue weighted by molar-refractivity contribution is 5.87. The summed E-state index contributed by atoms with van der Waals surface area (Å²) in [5.74, 6) is -0.365. The minimum Gasteiger partial charge on any atom is -0.483 e. The van der Waals surface area contributed by atoms with Gasteiger partial charge in [-0.25, -0.2) is 4.79 Å². The molecule has 144 valence electrons. The summed E-state index contributed by atoms with van der Waals surface area (Å²) in [6.45, 7) is 2.58. The summed E-state index contributed by atoms with van der Waals surface area (Å²) >= 11 is 0. The molecular formula is C21H26N2O4. The largest absolute Gasteiger partial charge is 0.483 e. The lowest BCUT2D eigenvalue weighted by atomic mass is 10.0. The van der Waals surface area contributed by atoms with E-state index >= 15 is 0 Å². The Morgan fingerprint density at radius 1 is 1.15 bits per heavy atom. The fourth-order valence-corrected chi connectivity index (χ4v) is 2.70. The standard InChI is InChI=1S/C21H26N2O4/c1-4-18(22-13-15-8-7-9-16(12-15)21(25)26)17-10-5-6-11-19(17)27-14-20(24)23(2)3/h5-12,18,22H,4,13-14H2,1-3H3,(H,25,26). The Labute approximate surface area is 159 Å². The van der Waals surface area contributed by atoms with Crippen molar-refractivity contribution in [2.45, 2.75) is 25.9 Å². The summed E-state index contributed by atoms with van der Waals surface area (Å²) in [5.41, 5.74) is 2.14. The molecule has 0 aliphatic carbocycles. The summed E-state index contributed by atoms with van der Waals surface area (Å²) < 4.78 is 5.74. The number of carbonyl (C=O) groups excluding carboxylic acids is 1. The average Bonchev–Trinajstić information content (AvgIpc) is 2.67. The van der Waals surface area contributed by atoms with E-state index < -0.39 is 5.97 Å². The smallest absolute Gasteiger partial charge is 0.335 e. The molecule has 1 amide bonds. The summed E-state index contributed by atoms with van der Waals surface area (Å²) in [6.07, 6.45) is 0.820. The molecule has 6 heteroatoms. The van der Waals surface area contributed by atoms with Gasteiger partial charge in [0.05, 0.1) is 5.56 Å². The van der Waals surface area contributed by atoms with Crippen LogP contribution in [0.4, 0.5) is 0 Å². The van der Waals surface area contributed by atoms with Crippen LogP contribution in [-0.4, -0.2) is 42.6 Å². The van der Waals surface area contributed by atoms with Crippen molar-refractivity contribution in [1.82, 2.24) is 10.2 Å². The zero-order valence-corrected chi connectivity index (χ0v) is 15.9. The molecule has 0 heterocycles. The van der Waals surface area contributed by atoms with Gasteiger partial charge in [-0.05, 0) is 30.2 Å². The maximum absolute atomic E-state index is 11.8. The molecule has 0 spiro atoms. The summed E-state index contributed by atoms with van der Waals surface area (Å²) in [6, 6.07) is 14.5. The van der Waals surface area contributed by atoms with Crippen LogP contribution in [0.3, 0.4) is 0 Å². The van der Waals surface area contributed by atoms with Crippen LogP contribution in [0.15, 0.2) is 48.5 Å². The molecule has 0 fully saturated rings. The molecule has 0 radical (unpaired) electrons. The Hall–Kier alpha value is -2.86. The molecule has 27 heavy (non-hydrogen) atoms. The number of benzene rings is 2. The van der Waals surface area contributed by atoms with E-state index in [1.807, 2.05) is 30.3 Å². The zero-order chi connectivity index (χ0) is 19.8. The Bertz CT molecular complexity index is 789. The first kappa shape index (κ1) is 20.5. The van der Waals surface area contributed by atoms with Gasteiger partial charge >= 0.3 is 5.97 Å². The number of carbonyl (C=O) groups is 2. The van der Waals surface area contributed by atoms with Crippen LogP contribution < -0.4 is 10.1 Å². The van der Waals surface area contributed by atoms with Crippen molar-refractivity contribution in [3.05, 3.63) is 65.2 Å². The third-order valence-corrected chi connectivity index (χ3v) is 4.28. The highest BCUT2D eigenvalue weighted by Crippen LogP contribution is 2.27. The summed E-state index contributed by atoms with van der Waals surface area (Å²) in [4.78, 5) is 24.4. The van der Waals surface area contributed by atoms with E-state index in [2.05, 4.69) is 12.2 Å². The number of nitrogens with zero attached hydrogens (tertiary/aromatic N) is 1. The van der Waals surface area contributed by atoms with Crippen molar-refractivity contribution in [2.24, 2.45) is 0 Å². The summed E-state index contributed by atoms with van der Waals surface area (Å²) in [7, 11) is 3.39. The maximum Gasteiger partial charge on any atom is 0.335 e. The van der Waals surface area contributed by atoms with Crippen LogP contribution >= 0.6 is 0 Å². The highest BCUT2D eigenvalue weighted by atomic mass is 16.5. The van der Waals surface area contributed by atoms with Gasteiger partial charge in [0, 0.05) is 32.2 Å². The number of para-hydroxylation sites is 1. The SMILES string of the molecule is CCC(NCc1cccc(C(=O)O)c1)c1ccccc1OCC(=O)N(C)C. The quantitative estimate of drug-likeness (QED) is 0.709. The van der Waals surface area contributed by atoms with E-state index in [0.717, 1.165) is 17.5 Å². The average molecular weight is 370 g/mol. The predicted octanol–water partition coefficient (Wildman–Crippen LogP) is 3.09. The van der Waals surface area contributed by atoms with Gasteiger partial charge in [-0.1, -0.05) is 37.3 Å². The van der Waals surface area contributed by atoms with Gasteiger partial charge in [-0.15, -0.1) is 0 Å². The number of carboxylic acid groups (broad SMARTS) is 1. The van der Waals surface area contributed by atoms with Crippen LogP contribution in [-0.2, 0) is 11.3 Å². The van der Waals surface area contributed by atoms with Crippen LogP contribution in [0, 0.1) is 0 Å². The predicted molar refractivity (Wildman–Crippen MR) is 104 cm³/mol. The number of rotatable bonds is 9. The van der Waals surface area contributed by atoms with Gasteiger partial charge in [0.2, 0.25) is 0 Å². The zero-order valence-electron chi connectivity index (χ0n) is 15.9. The van der Waals surface area contributed by atoms with Crippen molar-refractivity contribution in [2.75, 3.05) is 20.7 Å². The van der Waals surface area contributed by atoms with E-state index in [4.69, 9.17) is 9.84 Å². The van der Waals surface area contributed by atoms with E-state index in [1.54, 1.807) is 32.3 Å². The molecule has 2 aromatic carbocycles. The maximum atomic E-state index is 11.8. The van der Waals surface area contributed by atoms with Gasteiger partial charge in [0.1, 0.15) is 5.75 Å². The molecule has 0 aromatic heterocycles. The van der Waals surface area contributed by atoms with Gasteiger partial charge in [0.25, 0.3) is 5.91 Å². The molecule has 2 rings (SSSR count). The molecule has 0 bridgehead atoms. The number of carboxylic acids is 1. The minimum absolute atomic E-state index is 0.0128. The fourth-order valence-electron chi connectivity index (χ4n) is 2.70. The van der Waals surface area contributed by atoms with Crippen molar-refractivity contribution in [1.29, 1.82) is 0 Å². The van der Waals surface area contributed by atoms with Gasteiger partial charge in [0.15, 0.2) is 6.61 Å². The van der Waals surface area contributed by atoms with Crippen LogP contribution in [0.25, 0.3) is 0 Å². The number of nitrogens with one attached hydrogen (secondary N) is 1. The monoisotopic (exact) mass is 370 g/mol. The topological polar surface area (TPSA) is 78.9 Å². The number of hydrogen-bond acceptors (Lipinski definition) is 4. The van der Waals surface area contributed by atoms with Crippen molar-refractivity contribution < 1.29 is 19.4 Å². The van der Waals surface area contributed by atoms with E-state index in [-0.39, 0.29) is 24.1 Å². The third-order valence-electron chi connectivity index (χ3n) is 4.28. The number of likely N-dealkylation sites (N-methyl/N-ethyl adjacent to an activating group) is 1. The van der Waals surface area contributed by atoms with Gasteiger partial charge in [-0.2, -0.15) is 0 Å². The normalized spacial score (nSPS) is 11.7. The molecule has 6 nitrogen and oxygen atoms in total. The second-order valence-corrected chi connectivity index (χ2v) is 6.46. The Morgan fingerprint density at radius 2 is 1.89 bits per heavy atom. The van der Waals surface area contributed by atoms with E-state index in [1.165, 1.54) is 4.90 Å². The Morgan fingerprint density at radius 3 is 2.56 bits per heavy atom. The van der Waals surface area contributed by atoms with E-state index in [9.17, 15) is 9.59 Å². The number of aromatic carboxylic acids is 1.